The van der Waals surface area contributed by atoms with E-state index in [4.69, 9.17) is 4.74 Å². The lowest BCUT2D eigenvalue weighted by molar-refractivity contribution is -0.136. The van der Waals surface area contributed by atoms with Gasteiger partial charge in [0.25, 0.3) is 0 Å². The number of benzene rings is 1. The second-order valence-corrected chi connectivity index (χ2v) is 5.64. The minimum atomic E-state index is -0.204. The van der Waals surface area contributed by atoms with Crippen LogP contribution in [0.15, 0.2) is 24.3 Å². The Kier molecular flexibility index (Phi) is 8.57. The van der Waals surface area contributed by atoms with Gasteiger partial charge in [-0.3, -0.25) is 9.59 Å². The fraction of sp³-hybridized carbons (Fsp3) is 0.529. The molecule has 2 rings (SSSR count). The van der Waals surface area contributed by atoms with Gasteiger partial charge in [0, 0.05) is 18.3 Å². The van der Waals surface area contributed by atoms with Crippen LogP contribution in [0.4, 0.5) is 5.69 Å². The first-order chi connectivity index (χ1) is 11.1. The zero-order chi connectivity index (χ0) is 16.7. The summed E-state index contributed by atoms with van der Waals surface area (Å²) in [6.07, 6.45) is 3.00. The Morgan fingerprint density at radius 2 is 2.17 bits per heavy atom. The van der Waals surface area contributed by atoms with Crippen molar-refractivity contribution < 1.29 is 14.3 Å². The quantitative estimate of drug-likeness (QED) is 0.819. The second-order valence-electron chi connectivity index (χ2n) is 5.64. The molecular weight excluding hydrogens is 330 g/mol. The molecule has 1 aliphatic rings. The van der Waals surface area contributed by atoms with E-state index in [-0.39, 0.29) is 36.8 Å². The van der Waals surface area contributed by atoms with Crippen molar-refractivity contribution in [1.82, 2.24) is 10.2 Å². The Hall–Kier alpha value is -1.79. The molecule has 1 saturated heterocycles. The van der Waals surface area contributed by atoms with Crippen molar-refractivity contribution in [3.05, 3.63) is 24.3 Å². The van der Waals surface area contributed by atoms with Gasteiger partial charge in [-0.15, -0.1) is 12.4 Å². The molecular formula is C17H26ClN3O3. The molecule has 6 nitrogen and oxygen atoms in total. The molecule has 7 heteroatoms. The first-order valence-corrected chi connectivity index (χ1v) is 8.10. The summed E-state index contributed by atoms with van der Waals surface area (Å²) in [4.78, 5) is 26.3. The van der Waals surface area contributed by atoms with E-state index < -0.39 is 0 Å². The smallest absolute Gasteiger partial charge is 0.243 e. The monoisotopic (exact) mass is 355 g/mol. The molecule has 1 aromatic rings. The number of piperidine rings is 1. The van der Waals surface area contributed by atoms with Crippen LogP contribution < -0.4 is 15.4 Å². The highest BCUT2D eigenvalue weighted by molar-refractivity contribution is 5.95. The van der Waals surface area contributed by atoms with Crippen molar-refractivity contribution in [3.63, 3.8) is 0 Å². The average molecular weight is 356 g/mol. The standard InChI is InChI=1S/C17H25N3O3.ClH/c1-3-20(17(22)15-9-4-5-10-18-15)12-16(21)19-13-7-6-8-14(11-13)23-2;/h6-8,11,15,18H,3-5,9-10,12H2,1-2H3,(H,19,21);1H/t15-;/m1./s1. The van der Waals surface area contributed by atoms with E-state index >= 15 is 0 Å². The van der Waals surface area contributed by atoms with Gasteiger partial charge in [-0.2, -0.15) is 0 Å². The average Bonchev–Trinajstić information content (AvgIpc) is 2.60. The van der Waals surface area contributed by atoms with E-state index in [1.807, 2.05) is 19.1 Å². The maximum Gasteiger partial charge on any atom is 0.243 e. The van der Waals surface area contributed by atoms with Crippen molar-refractivity contribution in [2.24, 2.45) is 0 Å². The van der Waals surface area contributed by atoms with E-state index in [0.29, 0.717) is 18.0 Å². The number of hydrogen-bond acceptors (Lipinski definition) is 4. The number of nitrogens with one attached hydrogen (secondary N) is 2. The van der Waals surface area contributed by atoms with Crippen LogP contribution in [0.1, 0.15) is 26.2 Å². The van der Waals surface area contributed by atoms with Crippen LogP contribution in [0.3, 0.4) is 0 Å². The van der Waals surface area contributed by atoms with Crippen LogP contribution in [0.25, 0.3) is 0 Å². The topological polar surface area (TPSA) is 70.7 Å². The van der Waals surface area contributed by atoms with Gasteiger partial charge >= 0.3 is 0 Å². The Bertz CT molecular complexity index is 548. The lowest BCUT2D eigenvalue weighted by Crippen LogP contribution is -2.50. The SMILES string of the molecule is CCN(CC(=O)Nc1cccc(OC)c1)C(=O)[C@H]1CCCCN1.Cl. The fourth-order valence-corrected chi connectivity index (χ4v) is 2.70. The molecule has 0 bridgehead atoms. The lowest BCUT2D eigenvalue weighted by Gasteiger charge is -2.29. The normalized spacial score (nSPS) is 16.7. The number of anilines is 1. The molecule has 1 fully saturated rings. The summed E-state index contributed by atoms with van der Waals surface area (Å²) in [5.41, 5.74) is 0.661. The summed E-state index contributed by atoms with van der Waals surface area (Å²) < 4.78 is 5.13. The molecule has 2 N–H and O–H groups in total. The van der Waals surface area contributed by atoms with E-state index in [0.717, 1.165) is 25.8 Å². The van der Waals surface area contributed by atoms with Gasteiger partial charge < -0.3 is 20.3 Å². The fourth-order valence-electron chi connectivity index (χ4n) is 2.70. The van der Waals surface area contributed by atoms with Crippen molar-refractivity contribution in [2.45, 2.75) is 32.2 Å². The van der Waals surface area contributed by atoms with Gasteiger partial charge in [-0.25, -0.2) is 0 Å². The molecule has 134 valence electrons. The Balaban J connectivity index is 0.00000288. The summed E-state index contributed by atoms with van der Waals surface area (Å²) in [7, 11) is 1.58. The third kappa shape index (κ3) is 5.69. The van der Waals surface area contributed by atoms with Gasteiger partial charge in [0.15, 0.2) is 0 Å². The third-order valence-electron chi connectivity index (χ3n) is 3.99. The van der Waals surface area contributed by atoms with Gasteiger partial charge in [-0.1, -0.05) is 12.5 Å². The maximum absolute atomic E-state index is 12.5. The van der Waals surface area contributed by atoms with Gasteiger partial charge in [-0.05, 0) is 38.4 Å². The number of likely N-dealkylation sites (N-methyl/N-ethyl adjacent to an activating group) is 1. The van der Waals surface area contributed by atoms with Crippen LogP contribution in [0, 0.1) is 0 Å². The molecule has 1 aliphatic heterocycles. The van der Waals surface area contributed by atoms with Crippen LogP contribution in [0.5, 0.6) is 5.75 Å². The minimum Gasteiger partial charge on any atom is -0.497 e. The van der Waals surface area contributed by atoms with Gasteiger partial charge in [0.1, 0.15) is 5.75 Å². The Morgan fingerprint density at radius 1 is 1.38 bits per heavy atom. The number of amides is 2. The van der Waals surface area contributed by atoms with E-state index in [9.17, 15) is 9.59 Å². The summed E-state index contributed by atoms with van der Waals surface area (Å²) in [5.74, 6) is 0.481. The van der Waals surface area contributed by atoms with Crippen LogP contribution in [-0.2, 0) is 9.59 Å². The van der Waals surface area contributed by atoms with E-state index in [1.54, 1.807) is 24.1 Å². The largest absolute Gasteiger partial charge is 0.497 e. The van der Waals surface area contributed by atoms with E-state index in [1.165, 1.54) is 0 Å². The van der Waals surface area contributed by atoms with Gasteiger partial charge in [0.2, 0.25) is 11.8 Å². The molecule has 1 heterocycles. The van der Waals surface area contributed by atoms with Crippen molar-refractivity contribution in [2.75, 3.05) is 32.1 Å². The van der Waals surface area contributed by atoms with Crippen molar-refractivity contribution in [1.29, 1.82) is 0 Å². The molecule has 0 aliphatic carbocycles. The predicted molar refractivity (Wildman–Crippen MR) is 96.8 cm³/mol. The number of carbonyl (C=O) groups is 2. The molecule has 1 atom stereocenters. The number of rotatable bonds is 6. The highest BCUT2D eigenvalue weighted by Gasteiger charge is 2.26. The van der Waals surface area contributed by atoms with Gasteiger partial charge in [0.05, 0.1) is 19.7 Å². The third-order valence-corrected chi connectivity index (χ3v) is 3.99. The van der Waals surface area contributed by atoms with Crippen LogP contribution in [0.2, 0.25) is 0 Å². The molecule has 0 spiro atoms. The highest BCUT2D eigenvalue weighted by atomic mass is 35.5. The van der Waals surface area contributed by atoms with E-state index in [2.05, 4.69) is 10.6 Å². The molecule has 0 radical (unpaired) electrons. The summed E-state index contributed by atoms with van der Waals surface area (Å²) >= 11 is 0. The molecule has 1 aromatic carbocycles. The Morgan fingerprint density at radius 3 is 2.79 bits per heavy atom. The number of halogens is 1. The lowest BCUT2D eigenvalue weighted by atomic mass is 10.0. The maximum atomic E-state index is 12.5. The molecule has 0 aromatic heterocycles. The first-order valence-electron chi connectivity index (χ1n) is 8.10. The predicted octanol–water partition coefficient (Wildman–Crippen LogP) is 2.05. The van der Waals surface area contributed by atoms with Crippen molar-refractivity contribution >= 4 is 29.9 Å². The zero-order valence-electron chi connectivity index (χ0n) is 14.2. The number of ether oxygens (including phenoxy) is 1. The second kappa shape index (κ2) is 10.2. The molecule has 24 heavy (non-hydrogen) atoms. The highest BCUT2D eigenvalue weighted by Crippen LogP contribution is 2.16. The van der Waals surface area contributed by atoms with Crippen LogP contribution >= 0.6 is 12.4 Å². The number of nitrogens with zero attached hydrogens (tertiary/aromatic N) is 1. The number of hydrogen-bond donors (Lipinski definition) is 2. The van der Waals surface area contributed by atoms with Crippen molar-refractivity contribution in [3.8, 4) is 5.75 Å². The minimum absolute atomic E-state index is 0. The van der Waals surface area contributed by atoms with Crippen LogP contribution in [-0.4, -0.2) is 49.5 Å². The first kappa shape index (κ1) is 20.3. The summed E-state index contributed by atoms with van der Waals surface area (Å²) in [6.45, 7) is 3.33. The summed E-state index contributed by atoms with van der Waals surface area (Å²) in [6, 6.07) is 7.00. The number of methoxy groups -OCH3 is 1. The molecule has 2 amide bonds. The zero-order valence-corrected chi connectivity index (χ0v) is 15.0. The molecule has 0 unspecified atom stereocenters. The Labute approximate surface area is 149 Å². The summed E-state index contributed by atoms with van der Waals surface area (Å²) in [5, 5.41) is 6.04. The number of carbonyl (C=O) groups excluding carboxylic acids is 2. The molecule has 0 saturated carbocycles.